The molecule has 12 unspecified atom stereocenters. The fourth-order valence-corrected chi connectivity index (χ4v) is 9.56. The Morgan fingerprint density at radius 1 is 0.613 bits per heavy atom. The summed E-state index contributed by atoms with van der Waals surface area (Å²) in [4.78, 5) is 35.5. The summed E-state index contributed by atoms with van der Waals surface area (Å²) in [7, 11) is 1.50. The zero-order valence-electron chi connectivity index (χ0n) is 34.3. The summed E-state index contributed by atoms with van der Waals surface area (Å²) in [5.41, 5.74) is 0. The van der Waals surface area contributed by atoms with Crippen LogP contribution in [0.3, 0.4) is 0 Å². The molecule has 0 amide bonds. The zero-order valence-corrected chi connectivity index (χ0v) is 34.3. The van der Waals surface area contributed by atoms with E-state index in [0.29, 0.717) is 25.7 Å². The van der Waals surface area contributed by atoms with Gasteiger partial charge in [-0.25, -0.2) is 4.79 Å². The van der Waals surface area contributed by atoms with E-state index >= 15 is 0 Å². The molecule has 6 rings (SSSR count). The van der Waals surface area contributed by atoms with Gasteiger partial charge in [0.05, 0.1) is 54.9 Å². The van der Waals surface area contributed by atoms with Gasteiger partial charge in [0.25, 0.3) is 0 Å². The Morgan fingerprint density at radius 3 is 1.84 bits per heavy atom. The van der Waals surface area contributed by atoms with Crippen LogP contribution in [0.2, 0.25) is 0 Å². The molecule has 3 heterocycles. The maximum atomic E-state index is 12.7. The third-order valence-electron chi connectivity index (χ3n) is 13.1. The molecule has 0 radical (unpaired) electrons. The number of carboxylic acid groups (broad SMARTS) is 1. The van der Waals surface area contributed by atoms with Crippen molar-refractivity contribution in [2.24, 2.45) is 17.8 Å². The minimum absolute atomic E-state index is 0.0370. The summed E-state index contributed by atoms with van der Waals surface area (Å²) in [6.07, 6.45) is -20.2. The third kappa shape index (κ3) is 11.8. The Kier molecular flexibility index (Phi) is 17.1. The molecule has 62 heavy (non-hydrogen) atoms. The smallest absolute Gasteiger partial charge is 0.330 e. The number of methoxy groups -OCH3 is 1. The van der Waals surface area contributed by atoms with E-state index in [2.05, 4.69) is 0 Å². The number of aliphatic hydroxyl groups excluding tert-OH is 10. The minimum Gasteiger partial charge on any atom is -0.481 e. The highest BCUT2D eigenvalue weighted by Gasteiger charge is 2.54. The van der Waals surface area contributed by atoms with E-state index < -0.39 is 160 Å². The molecule has 6 fully saturated rings. The lowest BCUT2D eigenvalue weighted by molar-refractivity contribution is -0.344. The molecule has 11 N–H and O–H groups in total. The van der Waals surface area contributed by atoms with Gasteiger partial charge in [-0.2, -0.15) is 0 Å². The number of carboxylic acids is 1. The summed E-state index contributed by atoms with van der Waals surface area (Å²) >= 11 is 0. The van der Waals surface area contributed by atoms with E-state index in [1.165, 1.54) is 13.2 Å². The third-order valence-corrected chi connectivity index (χ3v) is 13.1. The molecular weight excluding hydrogens is 832 g/mol. The van der Waals surface area contributed by atoms with Crippen LogP contribution in [0.15, 0.2) is 12.2 Å². The molecule has 3 saturated heterocycles. The fourth-order valence-electron chi connectivity index (χ4n) is 9.56. The second-order valence-corrected chi connectivity index (χ2v) is 17.4. The van der Waals surface area contributed by atoms with Crippen LogP contribution < -0.4 is 0 Å². The van der Waals surface area contributed by atoms with Crippen LogP contribution in [-0.4, -0.2) is 211 Å². The Balaban J connectivity index is 1.15. The van der Waals surface area contributed by atoms with Crippen molar-refractivity contribution in [3.05, 3.63) is 12.2 Å². The Labute approximate surface area is 356 Å². The molecule has 3 aliphatic carbocycles. The second kappa shape index (κ2) is 21.7. The maximum absolute atomic E-state index is 12.7. The quantitative estimate of drug-likeness (QED) is 0.0451. The molecule has 0 bridgehead atoms. The summed E-state index contributed by atoms with van der Waals surface area (Å²) in [6.45, 7) is -1.24. The fraction of sp³-hybridized carbons (Fsp3) is 0.875. The molecular formula is C40H62O22. The van der Waals surface area contributed by atoms with E-state index in [-0.39, 0.29) is 44.1 Å². The number of carbonyl (C=O) groups excluding carboxylic acids is 2. The number of carbonyl (C=O) groups is 3. The number of rotatable bonds is 14. The highest BCUT2D eigenvalue weighted by atomic mass is 16.7. The standard InChI is InChI=1S/C40H62O22/c1-55-25-8-16(2-5-21(25)43)3-7-30(47)56-14-27-32(49)35(52)37(54)40(62-27)60-26-12-19-23(58-38(26)17-4-6-20(42)22(44)9-17)10-18(41)11-24(19)59-39-36(53)34(51)33(50)28(61-39)15-57-31(48)13-29(45)46/h3,7,16-28,32-44,49-54H,2,4-6,8-15H2,1H3,(H,45,46)/t16?,17?,18?,19?,20?,21?,22?,23?,24?,25?,26?,27-,28-,32-,33-,34+,35+,36-,37-,38?,39-,40-/m1/s1. The van der Waals surface area contributed by atoms with Gasteiger partial charge in [0.1, 0.15) is 68.5 Å². The van der Waals surface area contributed by atoms with E-state index in [0.717, 1.165) is 0 Å². The molecule has 0 spiro atoms. The van der Waals surface area contributed by atoms with Crippen LogP contribution in [0.25, 0.3) is 0 Å². The van der Waals surface area contributed by atoms with Crippen LogP contribution in [0.5, 0.6) is 0 Å². The van der Waals surface area contributed by atoms with Crippen molar-refractivity contribution >= 4 is 17.9 Å². The van der Waals surface area contributed by atoms with Crippen molar-refractivity contribution in [2.45, 2.75) is 181 Å². The van der Waals surface area contributed by atoms with Gasteiger partial charge in [0.2, 0.25) is 0 Å². The SMILES string of the molecule is COC1CC(C=CC(=O)OC[C@H]2O[C@@H](OC3CC4C(CC(O)CC4O[C@@H]4O[C@H](COC(=O)CC(=O)O)[C@@H](O)[C@H](O)[C@H]4O)OC3C3CCC(O)C(O)C3)[C@H](O)[C@@H](O)[C@@H]2O)CCC1O. The van der Waals surface area contributed by atoms with E-state index in [9.17, 15) is 65.4 Å². The van der Waals surface area contributed by atoms with Crippen LogP contribution in [0, 0.1) is 17.8 Å². The molecule has 0 aromatic heterocycles. The number of allylic oxidation sites excluding steroid dienone is 1. The van der Waals surface area contributed by atoms with E-state index in [4.69, 9.17) is 43.0 Å². The van der Waals surface area contributed by atoms with Gasteiger partial charge in [-0.15, -0.1) is 0 Å². The molecule has 22 heteroatoms. The van der Waals surface area contributed by atoms with E-state index in [1.807, 2.05) is 0 Å². The number of aliphatic hydroxyl groups is 10. The first-order valence-corrected chi connectivity index (χ1v) is 21.3. The normalized spacial score (nSPS) is 46.4. The number of fused-ring (bicyclic) bond motifs is 1. The lowest BCUT2D eigenvalue weighted by Crippen LogP contribution is -2.63. The summed E-state index contributed by atoms with van der Waals surface area (Å²) in [5, 5.41) is 116. The zero-order chi connectivity index (χ0) is 45.0. The van der Waals surface area contributed by atoms with Gasteiger partial charge in [0.15, 0.2) is 12.6 Å². The second-order valence-electron chi connectivity index (χ2n) is 17.4. The molecule has 354 valence electrons. The van der Waals surface area contributed by atoms with Gasteiger partial charge in [-0.1, -0.05) is 6.08 Å². The molecule has 6 aliphatic rings. The maximum Gasteiger partial charge on any atom is 0.330 e. The van der Waals surface area contributed by atoms with Gasteiger partial charge >= 0.3 is 17.9 Å². The van der Waals surface area contributed by atoms with Crippen molar-refractivity contribution in [2.75, 3.05) is 20.3 Å². The average molecular weight is 895 g/mol. The van der Waals surface area contributed by atoms with Crippen molar-refractivity contribution in [1.82, 2.24) is 0 Å². The first-order chi connectivity index (χ1) is 29.4. The summed E-state index contributed by atoms with van der Waals surface area (Å²) in [6, 6.07) is 0. The van der Waals surface area contributed by atoms with Gasteiger partial charge < -0.3 is 94.1 Å². The predicted octanol–water partition coefficient (Wildman–Crippen LogP) is -3.88. The van der Waals surface area contributed by atoms with Crippen molar-refractivity contribution in [3.63, 3.8) is 0 Å². The average Bonchev–Trinajstić information content (AvgIpc) is 3.23. The number of esters is 2. The molecule has 0 aromatic rings. The molecule has 22 atom stereocenters. The molecule has 22 nitrogen and oxygen atoms in total. The Hall–Kier alpha value is -2.49. The highest BCUT2D eigenvalue weighted by Crippen LogP contribution is 2.45. The van der Waals surface area contributed by atoms with E-state index in [1.54, 1.807) is 6.08 Å². The summed E-state index contributed by atoms with van der Waals surface area (Å²) < 4.78 is 46.4. The Morgan fingerprint density at radius 2 is 1.23 bits per heavy atom. The van der Waals surface area contributed by atoms with Crippen molar-refractivity contribution in [3.8, 4) is 0 Å². The topological polar surface area (TPSA) is 348 Å². The van der Waals surface area contributed by atoms with Crippen molar-refractivity contribution < 1.29 is 108 Å². The minimum atomic E-state index is -1.86. The predicted molar refractivity (Wildman–Crippen MR) is 202 cm³/mol. The number of aliphatic carboxylic acids is 1. The molecule has 0 aromatic carbocycles. The van der Waals surface area contributed by atoms with Crippen LogP contribution in [0.1, 0.15) is 64.2 Å². The lowest BCUT2D eigenvalue weighted by atomic mass is 9.72. The Bertz CT molecular complexity index is 1520. The number of ether oxygens (including phenoxy) is 8. The number of hydrogen-bond acceptors (Lipinski definition) is 21. The van der Waals surface area contributed by atoms with Crippen LogP contribution >= 0.6 is 0 Å². The monoisotopic (exact) mass is 894 g/mol. The molecule has 3 saturated carbocycles. The van der Waals surface area contributed by atoms with Gasteiger partial charge in [-0.05, 0) is 63.2 Å². The van der Waals surface area contributed by atoms with Gasteiger partial charge in [-0.3, -0.25) is 9.59 Å². The largest absolute Gasteiger partial charge is 0.481 e. The van der Waals surface area contributed by atoms with Crippen LogP contribution in [-0.2, 0) is 52.3 Å². The van der Waals surface area contributed by atoms with Gasteiger partial charge in [0, 0.05) is 25.5 Å². The van der Waals surface area contributed by atoms with Crippen LogP contribution in [0.4, 0.5) is 0 Å². The highest BCUT2D eigenvalue weighted by molar-refractivity contribution is 5.90. The molecule has 3 aliphatic heterocycles. The lowest BCUT2D eigenvalue weighted by Gasteiger charge is -2.52. The summed E-state index contributed by atoms with van der Waals surface area (Å²) in [5.74, 6) is -4.50. The first-order valence-electron chi connectivity index (χ1n) is 21.3. The first kappa shape index (κ1) is 49.0. The number of hydrogen-bond donors (Lipinski definition) is 11. The van der Waals surface area contributed by atoms with Crippen molar-refractivity contribution in [1.29, 1.82) is 0 Å².